The lowest BCUT2D eigenvalue weighted by atomic mass is 9.95. The van der Waals surface area contributed by atoms with Crippen LogP contribution in [-0.4, -0.2) is 22.2 Å². The normalized spacial score (nSPS) is 16.4. The van der Waals surface area contributed by atoms with Crippen molar-refractivity contribution in [2.75, 3.05) is 6.54 Å². The quantitative estimate of drug-likeness (QED) is 0.799. The van der Waals surface area contributed by atoms with Crippen LogP contribution in [0.3, 0.4) is 0 Å². The minimum absolute atomic E-state index is 0.0336. The number of nitrogens with zero attached hydrogens (tertiary/aromatic N) is 1. The van der Waals surface area contributed by atoms with E-state index in [1.165, 1.54) is 12.3 Å². The van der Waals surface area contributed by atoms with Crippen LogP contribution >= 0.6 is 0 Å². The number of aliphatic hydroxyl groups is 1. The molecule has 3 nitrogen and oxygen atoms in total. The van der Waals surface area contributed by atoms with Crippen molar-refractivity contribution in [2.24, 2.45) is 5.92 Å². The molecule has 19 heavy (non-hydrogen) atoms. The van der Waals surface area contributed by atoms with Gasteiger partial charge in [0.15, 0.2) is 0 Å². The van der Waals surface area contributed by atoms with E-state index in [9.17, 15) is 9.50 Å². The Morgan fingerprint density at radius 1 is 1.37 bits per heavy atom. The molecule has 0 radical (unpaired) electrons. The van der Waals surface area contributed by atoms with Gasteiger partial charge in [-0.2, -0.15) is 0 Å². The molecule has 0 aliphatic carbocycles. The Bertz CT molecular complexity index is 393. The molecule has 0 unspecified atom stereocenters. The Morgan fingerprint density at radius 3 is 2.63 bits per heavy atom. The summed E-state index contributed by atoms with van der Waals surface area (Å²) >= 11 is 0. The summed E-state index contributed by atoms with van der Waals surface area (Å²) in [7, 11) is 0. The van der Waals surface area contributed by atoms with Crippen LogP contribution in [-0.2, 0) is 0 Å². The molecular formula is C15H25FN2O. The minimum atomic E-state index is -0.737. The van der Waals surface area contributed by atoms with Gasteiger partial charge in [0, 0.05) is 18.8 Å². The van der Waals surface area contributed by atoms with Crippen molar-refractivity contribution in [3.8, 4) is 0 Å². The van der Waals surface area contributed by atoms with Gasteiger partial charge >= 0.3 is 0 Å². The van der Waals surface area contributed by atoms with Crippen molar-refractivity contribution in [2.45, 2.75) is 52.2 Å². The van der Waals surface area contributed by atoms with Crippen molar-refractivity contribution >= 4 is 0 Å². The Kier molecular flexibility index (Phi) is 5.88. The number of pyridine rings is 1. The van der Waals surface area contributed by atoms with Crippen molar-refractivity contribution in [3.63, 3.8) is 0 Å². The summed E-state index contributed by atoms with van der Waals surface area (Å²) < 4.78 is 13.1. The van der Waals surface area contributed by atoms with Crippen LogP contribution in [0.25, 0.3) is 0 Å². The lowest BCUT2D eigenvalue weighted by Crippen LogP contribution is -2.39. The van der Waals surface area contributed by atoms with Gasteiger partial charge in [-0.1, -0.05) is 13.8 Å². The molecule has 0 saturated heterocycles. The van der Waals surface area contributed by atoms with Gasteiger partial charge in [0.05, 0.1) is 11.8 Å². The Labute approximate surface area is 115 Å². The molecule has 0 aliphatic heterocycles. The highest BCUT2D eigenvalue weighted by molar-refractivity contribution is 5.14. The molecule has 0 saturated carbocycles. The van der Waals surface area contributed by atoms with Crippen LogP contribution in [0.1, 0.15) is 52.1 Å². The standard InChI is InChI=1S/C15H25FN2O/c1-11(2)5-6-15(4,19)10-18-12(3)13-7-14(16)9-17-8-13/h7-9,11-12,18-19H,5-6,10H2,1-4H3/t12-,15+/m1/s1. The fourth-order valence-corrected chi connectivity index (χ4v) is 1.84. The SMILES string of the molecule is CC(C)CC[C@](C)(O)CN[C@H](C)c1cncc(F)c1. The van der Waals surface area contributed by atoms with E-state index in [0.29, 0.717) is 12.5 Å². The zero-order chi connectivity index (χ0) is 14.5. The van der Waals surface area contributed by atoms with Crippen LogP contribution in [0.5, 0.6) is 0 Å². The second-order valence-electron chi connectivity index (χ2n) is 5.97. The molecule has 1 aromatic heterocycles. The Hall–Kier alpha value is -1.00. The summed E-state index contributed by atoms with van der Waals surface area (Å²) in [6.45, 7) is 8.54. The molecule has 1 heterocycles. The average molecular weight is 268 g/mol. The number of aromatic nitrogens is 1. The summed E-state index contributed by atoms with van der Waals surface area (Å²) in [5, 5.41) is 13.5. The largest absolute Gasteiger partial charge is 0.389 e. The maximum Gasteiger partial charge on any atom is 0.141 e. The lowest BCUT2D eigenvalue weighted by Gasteiger charge is -2.26. The van der Waals surface area contributed by atoms with Crippen LogP contribution < -0.4 is 5.32 Å². The van der Waals surface area contributed by atoms with Crippen LogP contribution in [0.4, 0.5) is 4.39 Å². The van der Waals surface area contributed by atoms with Gasteiger partial charge in [0.2, 0.25) is 0 Å². The first kappa shape index (κ1) is 16.1. The molecule has 0 aromatic carbocycles. The minimum Gasteiger partial charge on any atom is -0.389 e. The number of nitrogens with one attached hydrogen (secondary N) is 1. The lowest BCUT2D eigenvalue weighted by molar-refractivity contribution is 0.0430. The van der Waals surface area contributed by atoms with Gasteiger partial charge in [-0.05, 0) is 44.2 Å². The number of rotatable bonds is 7. The monoisotopic (exact) mass is 268 g/mol. The maximum absolute atomic E-state index is 13.1. The highest BCUT2D eigenvalue weighted by Gasteiger charge is 2.21. The first-order valence-electron chi connectivity index (χ1n) is 6.86. The third-order valence-electron chi connectivity index (χ3n) is 3.28. The second kappa shape index (κ2) is 6.96. The number of halogens is 1. The third kappa shape index (κ3) is 6.12. The summed E-state index contributed by atoms with van der Waals surface area (Å²) in [6, 6.07) is 1.43. The number of hydrogen-bond acceptors (Lipinski definition) is 3. The first-order valence-corrected chi connectivity index (χ1v) is 6.86. The zero-order valence-corrected chi connectivity index (χ0v) is 12.3. The van der Waals surface area contributed by atoms with E-state index in [1.807, 2.05) is 13.8 Å². The van der Waals surface area contributed by atoms with E-state index < -0.39 is 5.60 Å². The van der Waals surface area contributed by atoms with Crippen LogP contribution in [0.2, 0.25) is 0 Å². The molecule has 0 fully saturated rings. The second-order valence-corrected chi connectivity index (χ2v) is 5.97. The molecule has 0 spiro atoms. The smallest absolute Gasteiger partial charge is 0.141 e. The van der Waals surface area contributed by atoms with Crippen LogP contribution in [0, 0.1) is 11.7 Å². The van der Waals surface area contributed by atoms with Gasteiger partial charge in [-0.25, -0.2) is 4.39 Å². The van der Waals surface area contributed by atoms with Crippen molar-refractivity contribution in [3.05, 3.63) is 29.8 Å². The first-order chi connectivity index (χ1) is 8.80. The summed E-state index contributed by atoms with van der Waals surface area (Å²) in [4.78, 5) is 3.83. The molecule has 0 aliphatic rings. The highest BCUT2D eigenvalue weighted by atomic mass is 19.1. The van der Waals surface area contributed by atoms with E-state index in [4.69, 9.17) is 0 Å². The molecule has 2 atom stereocenters. The molecule has 2 N–H and O–H groups in total. The maximum atomic E-state index is 13.1. The number of hydrogen-bond donors (Lipinski definition) is 2. The molecule has 108 valence electrons. The van der Waals surface area contributed by atoms with E-state index in [-0.39, 0.29) is 11.9 Å². The molecule has 1 rings (SSSR count). The molecule has 4 heteroatoms. The fraction of sp³-hybridized carbons (Fsp3) is 0.667. The van der Waals surface area contributed by atoms with Gasteiger partial charge in [-0.3, -0.25) is 4.98 Å². The van der Waals surface area contributed by atoms with Gasteiger partial charge < -0.3 is 10.4 Å². The predicted octanol–water partition coefficient (Wildman–Crippen LogP) is 3.06. The fourth-order valence-electron chi connectivity index (χ4n) is 1.84. The summed E-state index contributed by atoms with van der Waals surface area (Å²) in [6.07, 6.45) is 4.58. The zero-order valence-electron chi connectivity index (χ0n) is 12.3. The summed E-state index contributed by atoms with van der Waals surface area (Å²) in [5.74, 6) is 0.244. The van der Waals surface area contributed by atoms with E-state index in [0.717, 1.165) is 18.4 Å². The molecule has 0 amide bonds. The van der Waals surface area contributed by atoms with Gasteiger partial charge in [0.25, 0.3) is 0 Å². The van der Waals surface area contributed by atoms with E-state index in [1.54, 1.807) is 6.20 Å². The van der Waals surface area contributed by atoms with Crippen molar-refractivity contribution in [1.29, 1.82) is 0 Å². The van der Waals surface area contributed by atoms with Crippen molar-refractivity contribution in [1.82, 2.24) is 10.3 Å². The Morgan fingerprint density at radius 2 is 2.05 bits per heavy atom. The predicted molar refractivity (Wildman–Crippen MR) is 75.3 cm³/mol. The molecule has 0 bridgehead atoms. The van der Waals surface area contributed by atoms with Crippen molar-refractivity contribution < 1.29 is 9.50 Å². The Balaban J connectivity index is 2.47. The molecule has 1 aromatic rings. The van der Waals surface area contributed by atoms with E-state index in [2.05, 4.69) is 24.1 Å². The molecular weight excluding hydrogens is 243 g/mol. The summed E-state index contributed by atoms with van der Waals surface area (Å²) in [5.41, 5.74) is 0.0545. The topological polar surface area (TPSA) is 45.1 Å². The third-order valence-corrected chi connectivity index (χ3v) is 3.28. The van der Waals surface area contributed by atoms with Gasteiger partial charge in [0.1, 0.15) is 5.82 Å². The van der Waals surface area contributed by atoms with Crippen LogP contribution in [0.15, 0.2) is 18.5 Å². The highest BCUT2D eigenvalue weighted by Crippen LogP contribution is 2.18. The van der Waals surface area contributed by atoms with Gasteiger partial charge in [-0.15, -0.1) is 0 Å². The van der Waals surface area contributed by atoms with E-state index >= 15 is 0 Å². The average Bonchev–Trinajstić information content (AvgIpc) is 2.34.